The van der Waals surface area contributed by atoms with Crippen LogP contribution in [0, 0.1) is 5.82 Å². The van der Waals surface area contributed by atoms with Crippen LogP contribution in [0.25, 0.3) is 0 Å². The molecule has 1 fully saturated rings. The monoisotopic (exact) mass is 375 g/mol. The van der Waals surface area contributed by atoms with Crippen LogP contribution in [-0.4, -0.2) is 52.3 Å². The molecule has 2 N–H and O–H groups in total. The zero-order valence-electron chi connectivity index (χ0n) is 11.6. The van der Waals surface area contributed by atoms with E-state index in [9.17, 15) is 19.1 Å². The first-order chi connectivity index (χ1) is 10.3. The summed E-state index contributed by atoms with van der Waals surface area (Å²) in [5.74, 6) is -1.67. The van der Waals surface area contributed by atoms with Gasteiger partial charge >= 0.3 is 5.97 Å². The van der Waals surface area contributed by atoms with E-state index in [1.54, 1.807) is 0 Å². The molecule has 0 radical (unpaired) electrons. The molecule has 0 aliphatic carbocycles. The van der Waals surface area contributed by atoms with Gasteiger partial charge in [0.15, 0.2) is 12.2 Å². The van der Waals surface area contributed by atoms with Crippen molar-refractivity contribution in [2.24, 2.45) is 0 Å². The number of piperidine rings is 1. The van der Waals surface area contributed by atoms with Gasteiger partial charge < -0.3 is 19.8 Å². The number of carboxylic acid groups (broad SMARTS) is 1. The summed E-state index contributed by atoms with van der Waals surface area (Å²) in [4.78, 5) is 24.4. The topological polar surface area (TPSA) is 87.1 Å². The first kappa shape index (κ1) is 16.7. The number of rotatable bonds is 4. The van der Waals surface area contributed by atoms with Gasteiger partial charge in [-0.15, -0.1) is 0 Å². The fourth-order valence-electron chi connectivity index (χ4n) is 2.16. The number of halogens is 2. The highest BCUT2D eigenvalue weighted by atomic mass is 79.9. The maximum absolute atomic E-state index is 12.9. The minimum Gasteiger partial charge on any atom is -0.483 e. The second-order valence-corrected chi connectivity index (χ2v) is 5.94. The molecule has 1 aliphatic rings. The van der Waals surface area contributed by atoms with Crippen molar-refractivity contribution in [1.82, 2.24) is 4.90 Å². The third kappa shape index (κ3) is 3.75. The van der Waals surface area contributed by atoms with Gasteiger partial charge in [-0.1, -0.05) is 0 Å². The van der Waals surface area contributed by atoms with E-state index in [2.05, 4.69) is 15.9 Å². The number of carbonyl (C=O) groups is 2. The Morgan fingerprint density at radius 2 is 2.00 bits per heavy atom. The molecule has 6 nitrogen and oxygen atoms in total. The Balaban J connectivity index is 1.87. The first-order valence-corrected chi connectivity index (χ1v) is 7.42. The zero-order valence-corrected chi connectivity index (χ0v) is 13.2. The number of amides is 1. The number of hydrogen-bond acceptors (Lipinski definition) is 4. The van der Waals surface area contributed by atoms with Crippen molar-refractivity contribution < 1.29 is 28.9 Å². The Morgan fingerprint density at radius 1 is 1.36 bits per heavy atom. The van der Waals surface area contributed by atoms with Crippen LogP contribution in [0.2, 0.25) is 0 Å². The Morgan fingerprint density at radius 3 is 2.55 bits per heavy atom. The Bertz CT molecular complexity index is 587. The van der Waals surface area contributed by atoms with Crippen LogP contribution < -0.4 is 4.74 Å². The minimum absolute atomic E-state index is 0.0195. The quantitative estimate of drug-likeness (QED) is 0.830. The van der Waals surface area contributed by atoms with E-state index in [1.807, 2.05) is 0 Å². The van der Waals surface area contributed by atoms with Gasteiger partial charge in [-0.25, -0.2) is 9.18 Å². The van der Waals surface area contributed by atoms with Crippen LogP contribution in [0.3, 0.4) is 0 Å². The molecule has 0 unspecified atom stereocenters. The van der Waals surface area contributed by atoms with Crippen molar-refractivity contribution in [3.63, 3.8) is 0 Å². The van der Waals surface area contributed by atoms with Gasteiger partial charge in [0, 0.05) is 25.9 Å². The average Bonchev–Trinajstić information content (AvgIpc) is 2.46. The van der Waals surface area contributed by atoms with Gasteiger partial charge in [-0.2, -0.15) is 0 Å². The number of hydrogen-bond donors (Lipinski definition) is 2. The maximum atomic E-state index is 12.9. The molecule has 0 bridgehead atoms. The molecule has 1 aromatic carbocycles. The van der Waals surface area contributed by atoms with Crippen molar-refractivity contribution >= 4 is 27.8 Å². The highest BCUT2D eigenvalue weighted by Crippen LogP contribution is 2.26. The summed E-state index contributed by atoms with van der Waals surface area (Å²) in [6.45, 7) is 0.0564. The molecule has 1 aliphatic heterocycles. The SMILES string of the molecule is O=C(COc1ccc(F)cc1Br)N1CCC(O)(C(=O)O)CC1. The summed E-state index contributed by atoms with van der Waals surface area (Å²) in [6, 6.07) is 3.86. The molecule has 0 atom stereocenters. The second-order valence-electron chi connectivity index (χ2n) is 5.08. The fraction of sp³-hybridized carbons (Fsp3) is 0.429. The smallest absolute Gasteiger partial charge is 0.335 e. The number of carbonyl (C=O) groups excluding carboxylic acids is 1. The molecule has 8 heteroatoms. The Kier molecular flexibility index (Phi) is 5.02. The van der Waals surface area contributed by atoms with Crippen LogP contribution in [0.4, 0.5) is 4.39 Å². The molecule has 1 amide bonds. The van der Waals surface area contributed by atoms with Crippen molar-refractivity contribution in [2.75, 3.05) is 19.7 Å². The molecule has 0 aromatic heterocycles. The number of ether oxygens (including phenoxy) is 1. The predicted molar refractivity (Wildman–Crippen MR) is 78.0 cm³/mol. The van der Waals surface area contributed by atoms with Crippen molar-refractivity contribution in [3.8, 4) is 5.75 Å². The van der Waals surface area contributed by atoms with Crippen molar-refractivity contribution in [2.45, 2.75) is 18.4 Å². The van der Waals surface area contributed by atoms with Gasteiger partial charge in [-0.05, 0) is 34.1 Å². The molecule has 2 rings (SSSR count). The number of aliphatic carboxylic acids is 1. The summed E-state index contributed by atoms with van der Waals surface area (Å²) in [5, 5.41) is 18.7. The van der Waals surface area contributed by atoms with Gasteiger partial charge in [0.2, 0.25) is 0 Å². The Hall–Kier alpha value is -1.67. The molecule has 0 spiro atoms. The highest BCUT2D eigenvalue weighted by molar-refractivity contribution is 9.10. The van der Waals surface area contributed by atoms with E-state index in [0.717, 1.165) is 0 Å². The number of carboxylic acids is 1. The van der Waals surface area contributed by atoms with E-state index in [0.29, 0.717) is 10.2 Å². The normalized spacial score (nSPS) is 17.1. The van der Waals surface area contributed by atoms with E-state index >= 15 is 0 Å². The molecular weight excluding hydrogens is 361 g/mol. The average molecular weight is 376 g/mol. The van der Waals surface area contributed by atoms with Gasteiger partial charge in [0.05, 0.1) is 4.47 Å². The van der Waals surface area contributed by atoms with Crippen molar-refractivity contribution in [3.05, 3.63) is 28.5 Å². The first-order valence-electron chi connectivity index (χ1n) is 6.63. The fourth-order valence-corrected chi connectivity index (χ4v) is 2.63. The predicted octanol–water partition coefficient (Wildman–Crippen LogP) is 1.41. The number of aliphatic hydroxyl groups is 1. The number of benzene rings is 1. The van der Waals surface area contributed by atoms with Crippen molar-refractivity contribution in [1.29, 1.82) is 0 Å². The highest BCUT2D eigenvalue weighted by Gasteiger charge is 2.40. The Labute approximate surface area is 134 Å². The molecular formula is C14H15BrFNO5. The van der Waals surface area contributed by atoms with Gasteiger partial charge in [-0.3, -0.25) is 4.79 Å². The van der Waals surface area contributed by atoms with Crippen LogP contribution in [0.1, 0.15) is 12.8 Å². The lowest BCUT2D eigenvalue weighted by molar-refractivity contribution is -0.165. The number of likely N-dealkylation sites (tertiary alicyclic amines) is 1. The standard InChI is InChI=1S/C14H15BrFNO5/c15-10-7-9(16)1-2-11(10)22-8-12(18)17-5-3-14(21,4-6-17)13(19)20/h1-2,7,21H,3-6,8H2,(H,19,20). The van der Waals surface area contributed by atoms with Crippen LogP contribution in [-0.2, 0) is 9.59 Å². The largest absolute Gasteiger partial charge is 0.483 e. The van der Waals surface area contributed by atoms with Crippen LogP contribution >= 0.6 is 15.9 Å². The maximum Gasteiger partial charge on any atom is 0.335 e. The summed E-state index contributed by atoms with van der Waals surface area (Å²) >= 11 is 3.14. The molecule has 0 saturated carbocycles. The third-order valence-electron chi connectivity index (χ3n) is 3.59. The lowest BCUT2D eigenvalue weighted by atomic mass is 9.92. The minimum atomic E-state index is -1.77. The number of nitrogens with zero attached hydrogens (tertiary/aromatic N) is 1. The molecule has 1 saturated heterocycles. The summed E-state index contributed by atoms with van der Waals surface area (Å²) in [5.41, 5.74) is -1.77. The molecule has 1 heterocycles. The summed E-state index contributed by atoms with van der Waals surface area (Å²) in [7, 11) is 0. The van der Waals surface area contributed by atoms with Gasteiger partial charge in [0.25, 0.3) is 5.91 Å². The van der Waals surface area contributed by atoms with Gasteiger partial charge in [0.1, 0.15) is 11.6 Å². The summed E-state index contributed by atoms with van der Waals surface area (Å²) in [6.07, 6.45) is -0.0391. The lowest BCUT2D eigenvalue weighted by Crippen LogP contribution is -2.51. The molecule has 22 heavy (non-hydrogen) atoms. The third-order valence-corrected chi connectivity index (χ3v) is 4.21. The lowest BCUT2D eigenvalue weighted by Gasteiger charge is -2.35. The second kappa shape index (κ2) is 6.62. The van der Waals surface area contributed by atoms with Crippen LogP contribution in [0.15, 0.2) is 22.7 Å². The molecule has 120 valence electrons. The molecule has 1 aromatic rings. The van der Waals surface area contributed by atoms with E-state index < -0.39 is 17.4 Å². The van der Waals surface area contributed by atoms with Crippen LogP contribution in [0.5, 0.6) is 5.75 Å². The van der Waals surface area contributed by atoms with E-state index in [-0.39, 0.29) is 38.4 Å². The zero-order chi connectivity index (χ0) is 16.3. The van der Waals surface area contributed by atoms with E-state index in [4.69, 9.17) is 9.84 Å². The summed E-state index contributed by atoms with van der Waals surface area (Å²) < 4.78 is 18.7. The van der Waals surface area contributed by atoms with E-state index in [1.165, 1.54) is 23.1 Å².